The van der Waals surface area contributed by atoms with E-state index in [0.29, 0.717) is 23.2 Å². The maximum atomic E-state index is 5.89. The molecule has 0 aliphatic rings. The lowest BCUT2D eigenvalue weighted by molar-refractivity contribution is 0.261. The van der Waals surface area contributed by atoms with Crippen molar-refractivity contribution in [2.45, 2.75) is 26.7 Å². The van der Waals surface area contributed by atoms with Crippen LogP contribution in [0.3, 0.4) is 0 Å². The van der Waals surface area contributed by atoms with E-state index in [0.717, 1.165) is 18.6 Å². The third kappa shape index (κ3) is 5.15. The van der Waals surface area contributed by atoms with Crippen LogP contribution in [0.4, 0.5) is 0 Å². The molecule has 0 unspecified atom stereocenters. The molecule has 0 amide bonds. The second-order valence-electron chi connectivity index (χ2n) is 4.90. The van der Waals surface area contributed by atoms with Crippen molar-refractivity contribution in [3.05, 3.63) is 28.2 Å². The molecule has 0 radical (unpaired) electrons. The van der Waals surface area contributed by atoms with E-state index in [2.05, 4.69) is 13.8 Å². The van der Waals surface area contributed by atoms with E-state index in [1.807, 2.05) is 6.07 Å². The number of hydrogen-bond donors (Lipinski definition) is 1. The highest BCUT2D eigenvalue weighted by atomic mass is 35.5. The van der Waals surface area contributed by atoms with Gasteiger partial charge in [-0.1, -0.05) is 37.0 Å². The van der Waals surface area contributed by atoms with Crippen molar-refractivity contribution in [1.82, 2.24) is 0 Å². The van der Waals surface area contributed by atoms with Gasteiger partial charge in [-0.15, -0.1) is 0 Å². The van der Waals surface area contributed by atoms with Crippen molar-refractivity contribution in [2.75, 3.05) is 13.2 Å². The molecule has 0 atom stereocenters. The molecule has 2 nitrogen and oxygen atoms in total. The zero-order valence-electron chi connectivity index (χ0n) is 10.3. The Labute approximate surface area is 113 Å². The lowest BCUT2D eigenvalue weighted by Gasteiger charge is -2.21. The fraction of sp³-hybridized carbons (Fsp3) is 0.538. The van der Waals surface area contributed by atoms with Gasteiger partial charge >= 0.3 is 0 Å². The quantitative estimate of drug-likeness (QED) is 0.792. The molecule has 1 rings (SSSR count). The van der Waals surface area contributed by atoms with E-state index >= 15 is 0 Å². The van der Waals surface area contributed by atoms with Crippen molar-refractivity contribution in [1.29, 1.82) is 0 Å². The molecule has 1 aromatic carbocycles. The summed E-state index contributed by atoms with van der Waals surface area (Å²) in [6.07, 6.45) is 2.02. The molecule has 0 bridgehead atoms. The van der Waals surface area contributed by atoms with Crippen LogP contribution in [0, 0.1) is 5.41 Å². The topological polar surface area (TPSA) is 35.2 Å². The van der Waals surface area contributed by atoms with E-state index in [-0.39, 0.29) is 5.41 Å². The van der Waals surface area contributed by atoms with E-state index in [1.165, 1.54) is 0 Å². The van der Waals surface area contributed by atoms with Crippen LogP contribution in [0.5, 0.6) is 5.75 Å². The van der Waals surface area contributed by atoms with Gasteiger partial charge in [0, 0.05) is 6.07 Å². The van der Waals surface area contributed by atoms with Crippen molar-refractivity contribution < 1.29 is 4.74 Å². The van der Waals surface area contributed by atoms with Crippen LogP contribution >= 0.6 is 23.2 Å². The molecule has 0 aliphatic carbocycles. The SMILES string of the molecule is CC(C)(CN)CCCOc1ccc(Cl)c(Cl)c1. The summed E-state index contributed by atoms with van der Waals surface area (Å²) in [5, 5.41) is 1.06. The second-order valence-corrected chi connectivity index (χ2v) is 5.71. The predicted octanol–water partition coefficient (Wildman–Crippen LogP) is 4.14. The fourth-order valence-electron chi connectivity index (χ4n) is 1.41. The number of nitrogens with two attached hydrogens (primary N) is 1. The molecule has 0 saturated carbocycles. The highest BCUT2D eigenvalue weighted by Gasteiger charge is 2.14. The van der Waals surface area contributed by atoms with Crippen LogP contribution in [0.1, 0.15) is 26.7 Å². The zero-order chi connectivity index (χ0) is 12.9. The minimum atomic E-state index is 0.182. The fourth-order valence-corrected chi connectivity index (χ4v) is 1.70. The van der Waals surface area contributed by atoms with Crippen LogP contribution in [-0.2, 0) is 0 Å². The smallest absolute Gasteiger partial charge is 0.120 e. The van der Waals surface area contributed by atoms with Gasteiger partial charge in [0.25, 0.3) is 0 Å². The first-order chi connectivity index (χ1) is 7.94. The summed E-state index contributed by atoms with van der Waals surface area (Å²) in [4.78, 5) is 0. The van der Waals surface area contributed by atoms with Crippen LogP contribution in [-0.4, -0.2) is 13.2 Å². The number of rotatable bonds is 6. The Morgan fingerprint density at radius 1 is 1.24 bits per heavy atom. The van der Waals surface area contributed by atoms with Crippen LogP contribution in [0.15, 0.2) is 18.2 Å². The van der Waals surface area contributed by atoms with Gasteiger partial charge in [-0.3, -0.25) is 0 Å². The lowest BCUT2D eigenvalue weighted by atomic mass is 9.88. The second kappa shape index (κ2) is 6.48. The van der Waals surface area contributed by atoms with Gasteiger partial charge in [0.15, 0.2) is 0 Å². The normalized spacial score (nSPS) is 11.6. The van der Waals surface area contributed by atoms with Crippen molar-refractivity contribution >= 4 is 23.2 Å². The van der Waals surface area contributed by atoms with Crippen LogP contribution in [0.2, 0.25) is 10.0 Å². The largest absolute Gasteiger partial charge is 0.494 e. The molecule has 4 heteroatoms. The maximum Gasteiger partial charge on any atom is 0.120 e. The average molecular weight is 276 g/mol. The maximum absolute atomic E-state index is 5.89. The number of hydrogen-bond acceptors (Lipinski definition) is 2. The first kappa shape index (κ1) is 14.6. The van der Waals surface area contributed by atoms with Gasteiger partial charge in [0.05, 0.1) is 16.7 Å². The predicted molar refractivity (Wildman–Crippen MR) is 74.0 cm³/mol. The lowest BCUT2D eigenvalue weighted by Crippen LogP contribution is -2.23. The summed E-state index contributed by atoms with van der Waals surface area (Å²) in [6.45, 7) is 5.68. The molecule has 0 fully saturated rings. The van der Waals surface area contributed by atoms with Crippen molar-refractivity contribution in [2.24, 2.45) is 11.1 Å². The molecule has 2 N–H and O–H groups in total. The van der Waals surface area contributed by atoms with E-state index in [1.54, 1.807) is 12.1 Å². The van der Waals surface area contributed by atoms with Gasteiger partial charge < -0.3 is 10.5 Å². The van der Waals surface area contributed by atoms with Gasteiger partial charge in [-0.2, -0.15) is 0 Å². The molecule has 0 saturated heterocycles. The molecule has 0 heterocycles. The summed E-state index contributed by atoms with van der Waals surface area (Å²) in [7, 11) is 0. The Kier molecular flexibility index (Phi) is 5.57. The Morgan fingerprint density at radius 2 is 1.94 bits per heavy atom. The standard InChI is InChI=1S/C13H19Cl2NO/c1-13(2,9-16)6-3-7-17-10-4-5-11(14)12(15)8-10/h4-5,8H,3,6-7,9,16H2,1-2H3. The molecule has 17 heavy (non-hydrogen) atoms. The minimum Gasteiger partial charge on any atom is -0.494 e. The molecular weight excluding hydrogens is 257 g/mol. The average Bonchev–Trinajstić information content (AvgIpc) is 2.29. The van der Waals surface area contributed by atoms with Crippen LogP contribution in [0.25, 0.3) is 0 Å². The highest BCUT2D eigenvalue weighted by molar-refractivity contribution is 6.42. The third-order valence-electron chi connectivity index (χ3n) is 2.71. The van der Waals surface area contributed by atoms with Crippen LogP contribution < -0.4 is 10.5 Å². The van der Waals surface area contributed by atoms with Gasteiger partial charge in [-0.05, 0) is 36.9 Å². The van der Waals surface area contributed by atoms with Gasteiger partial charge in [0.2, 0.25) is 0 Å². The first-order valence-corrected chi connectivity index (χ1v) is 6.48. The summed E-state index contributed by atoms with van der Waals surface area (Å²) in [6, 6.07) is 5.29. The number of benzene rings is 1. The van der Waals surface area contributed by atoms with E-state index < -0.39 is 0 Å². The summed E-state index contributed by atoms with van der Waals surface area (Å²) >= 11 is 11.7. The van der Waals surface area contributed by atoms with Gasteiger partial charge in [-0.25, -0.2) is 0 Å². The zero-order valence-corrected chi connectivity index (χ0v) is 11.8. The number of ether oxygens (including phenoxy) is 1. The molecular formula is C13H19Cl2NO. The van der Waals surface area contributed by atoms with Gasteiger partial charge in [0.1, 0.15) is 5.75 Å². The molecule has 96 valence electrons. The summed E-state index contributed by atoms with van der Waals surface area (Å²) in [5.74, 6) is 0.755. The molecule has 0 aliphatic heterocycles. The first-order valence-electron chi connectivity index (χ1n) is 5.72. The van der Waals surface area contributed by atoms with E-state index in [4.69, 9.17) is 33.7 Å². The molecule has 1 aromatic rings. The highest BCUT2D eigenvalue weighted by Crippen LogP contribution is 2.26. The van der Waals surface area contributed by atoms with Crippen molar-refractivity contribution in [3.8, 4) is 5.75 Å². The summed E-state index contributed by atoms with van der Waals surface area (Å²) < 4.78 is 5.60. The monoisotopic (exact) mass is 275 g/mol. The Morgan fingerprint density at radius 3 is 2.53 bits per heavy atom. The Hall–Kier alpha value is -0.440. The third-order valence-corrected chi connectivity index (χ3v) is 3.45. The van der Waals surface area contributed by atoms with E-state index in [9.17, 15) is 0 Å². The molecule has 0 aromatic heterocycles. The van der Waals surface area contributed by atoms with Crippen molar-refractivity contribution in [3.63, 3.8) is 0 Å². The number of halogens is 2. The molecule has 0 spiro atoms. The Balaban J connectivity index is 2.34. The minimum absolute atomic E-state index is 0.182. The summed E-state index contributed by atoms with van der Waals surface area (Å²) in [5.41, 5.74) is 5.84. The Bertz CT molecular complexity index is 366.